The van der Waals surface area contributed by atoms with Crippen molar-refractivity contribution in [2.24, 2.45) is 11.7 Å². The van der Waals surface area contributed by atoms with E-state index >= 15 is 4.39 Å². The Kier molecular flexibility index (Phi) is 4.07. The number of ether oxygens (including phenoxy) is 1. The summed E-state index contributed by atoms with van der Waals surface area (Å²) in [6.45, 7) is 3.01. The first-order valence-electron chi connectivity index (χ1n) is 10.4. The Morgan fingerprint density at radius 2 is 2.00 bits per heavy atom. The number of fused-ring (bicyclic) bond motifs is 1. The summed E-state index contributed by atoms with van der Waals surface area (Å²) >= 11 is 0. The molecule has 5 rings (SSSR count). The number of aryl methyl sites for hydroxylation is 1. The Morgan fingerprint density at radius 3 is 2.62 bits per heavy atom. The average Bonchev–Trinajstić information content (AvgIpc) is 3.58. The molecule has 1 unspecified atom stereocenters. The molecule has 8 heteroatoms. The van der Waals surface area contributed by atoms with Gasteiger partial charge in [-0.3, -0.25) is 14.3 Å². The Morgan fingerprint density at radius 1 is 1.28 bits per heavy atom. The van der Waals surface area contributed by atoms with Gasteiger partial charge in [0.15, 0.2) is 11.6 Å². The largest absolute Gasteiger partial charge is 0.492 e. The Labute approximate surface area is 167 Å². The Bertz CT molecular complexity index is 1110. The van der Waals surface area contributed by atoms with Crippen molar-refractivity contribution in [2.45, 2.75) is 57.0 Å². The fourth-order valence-corrected chi connectivity index (χ4v) is 4.92. The van der Waals surface area contributed by atoms with Gasteiger partial charge < -0.3 is 15.4 Å². The second-order valence-corrected chi connectivity index (χ2v) is 9.07. The molecule has 2 aromatic rings. The van der Waals surface area contributed by atoms with Crippen LogP contribution in [0.5, 0.6) is 5.75 Å². The van der Waals surface area contributed by atoms with Crippen LogP contribution in [0, 0.1) is 18.7 Å². The number of methoxy groups -OCH3 is 1. The van der Waals surface area contributed by atoms with E-state index in [-0.39, 0.29) is 28.3 Å². The third kappa shape index (κ3) is 2.96. The molecule has 1 aromatic carbocycles. The van der Waals surface area contributed by atoms with Crippen molar-refractivity contribution >= 4 is 16.6 Å². The van der Waals surface area contributed by atoms with Crippen LogP contribution in [0.4, 0.5) is 10.1 Å². The third-order valence-corrected chi connectivity index (χ3v) is 6.79. The topological polar surface area (TPSA) is 93.3 Å². The number of hydrogen-bond donors (Lipinski definition) is 2. The van der Waals surface area contributed by atoms with Gasteiger partial charge in [0, 0.05) is 30.2 Å². The van der Waals surface area contributed by atoms with Crippen LogP contribution in [-0.2, 0) is 0 Å². The second kappa shape index (κ2) is 6.32. The minimum Gasteiger partial charge on any atom is -0.492 e. The maximum atomic E-state index is 15.6. The first kappa shape index (κ1) is 18.7. The zero-order valence-corrected chi connectivity index (χ0v) is 16.9. The molecule has 2 aliphatic carbocycles. The van der Waals surface area contributed by atoms with Gasteiger partial charge in [-0.1, -0.05) is 0 Å². The van der Waals surface area contributed by atoms with E-state index in [2.05, 4.69) is 4.98 Å². The molecule has 3 aliphatic rings. The van der Waals surface area contributed by atoms with Gasteiger partial charge in [-0.2, -0.15) is 0 Å². The number of rotatable bonds is 5. The van der Waals surface area contributed by atoms with Crippen molar-refractivity contribution < 1.29 is 9.13 Å². The number of nitrogens with one attached hydrogen (secondary N) is 1. The van der Waals surface area contributed by atoms with Gasteiger partial charge >= 0.3 is 5.69 Å². The number of hydrogen-bond acceptors (Lipinski definition) is 5. The molecule has 1 saturated heterocycles. The van der Waals surface area contributed by atoms with Crippen molar-refractivity contribution in [2.75, 3.05) is 25.1 Å². The number of nitrogens with two attached hydrogens (primary N) is 1. The molecule has 1 aliphatic heterocycles. The van der Waals surface area contributed by atoms with Gasteiger partial charge in [-0.25, -0.2) is 9.18 Å². The predicted octanol–water partition coefficient (Wildman–Crippen LogP) is 2.19. The van der Waals surface area contributed by atoms with Crippen molar-refractivity contribution in [3.05, 3.63) is 32.2 Å². The zero-order chi connectivity index (χ0) is 20.5. The summed E-state index contributed by atoms with van der Waals surface area (Å²) in [4.78, 5) is 29.5. The number of halogens is 1. The van der Waals surface area contributed by atoms with E-state index < -0.39 is 17.1 Å². The van der Waals surface area contributed by atoms with Crippen LogP contribution in [0.15, 0.2) is 9.59 Å². The van der Waals surface area contributed by atoms with Crippen LogP contribution in [0.1, 0.15) is 50.1 Å². The van der Waals surface area contributed by atoms with E-state index in [0.29, 0.717) is 30.2 Å². The first-order valence-corrected chi connectivity index (χ1v) is 10.4. The molecule has 0 spiro atoms. The molecule has 156 valence electrons. The van der Waals surface area contributed by atoms with E-state index in [1.165, 1.54) is 7.11 Å². The fraction of sp³-hybridized carbons (Fsp3) is 0.619. The van der Waals surface area contributed by atoms with Gasteiger partial charge in [-0.05, 0) is 51.4 Å². The van der Waals surface area contributed by atoms with E-state index in [0.717, 1.165) is 38.5 Å². The lowest BCUT2D eigenvalue weighted by Gasteiger charge is -2.25. The fourth-order valence-electron chi connectivity index (χ4n) is 4.92. The highest BCUT2D eigenvalue weighted by atomic mass is 19.1. The van der Waals surface area contributed by atoms with Crippen LogP contribution in [0.2, 0.25) is 0 Å². The summed E-state index contributed by atoms with van der Waals surface area (Å²) in [5, 5.41) is 0.198. The quantitative estimate of drug-likeness (QED) is 0.800. The molecule has 1 aromatic heterocycles. The highest BCUT2D eigenvalue weighted by Gasteiger charge is 2.42. The summed E-state index contributed by atoms with van der Waals surface area (Å²) < 4.78 is 22.8. The predicted molar refractivity (Wildman–Crippen MR) is 109 cm³/mol. The summed E-state index contributed by atoms with van der Waals surface area (Å²) in [6, 6.07) is 0.0201. The minimum absolute atomic E-state index is 0.0201. The van der Waals surface area contributed by atoms with E-state index in [4.69, 9.17) is 10.5 Å². The Balaban J connectivity index is 1.68. The summed E-state index contributed by atoms with van der Waals surface area (Å²) in [5.74, 6) is 0.246. The maximum absolute atomic E-state index is 15.6. The van der Waals surface area contributed by atoms with Crippen LogP contribution in [0.25, 0.3) is 10.9 Å². The van der Waals surface area contributed by atoms with Crippen LogP contribution >= 0.6 is 0 Å². The maximum Gasteiger partial charge on any atom is 0.329 e. The first-order chi connectivity index (χ1) is 13.8. The molecule has 1 atom stereocenters. The molecule has 2 saturated carbocycles. The number of aromatic nitrogens is 2. The normalized spacial score (nSPS) is 23.0. The standard InChI is InChI=1S/C21H27FN4O3/c1-11-14-16(26(13-3-4-13)20(28)24-19(14)27)18(29-2)17(15(11)22)25-8-5-12(10-25)9-21(23)6-7-21/h12-13H,3-10,23H2,1-2H3,(H,24,27,28). The Hall–Kier alpha value is -2.35. The smallest absolute Gasteiger partial charge is 0.329 e. The monoisotopic (exact) mass is 402 g/mol. The van der Waals surface area contributed by atoms with Gasteiger partial charge in [0.1, 0.15) is 11.2 Å². The molecule has 2 heterocycles. The molecule has 0 amide bonds. The molecular formula is C21H27FN4O3. The molecule has 0 bridgehead atoms. The van der Waals surface area contributed by atoms with Crippen LogP contribution in [-0.4, -0.2) is 35.3 Å². The van der Waals surface area contributed by atoms with Crippen molar-refractivity contribution in [3.63, 3.8) is 0 Å². The number of aromatic amines is 1. The summed E-state index contributed by atoms with van der Waals surface area (Å²) in [7, 11) is 1.47. The molecule has 0 radical (unpaired) electrons. The van der Waals surface area contributed by atoms with Gasteiger partial charge in [0.2, 0.25) is 0 Å². The molecular weight excluding hydrogens is 375 g/mol. The van der Waals surface area contributed by atoms with Gasteiger partial charge in [-0.15, -0.1) is 0 Å². The van der Waals surface area contributed by atoms with Crippen LogP contribution < -0.4 is 26.6 Å². The highest BCUT2D eigenvalue weighted by molar-refractivity contribution is 5.93. The summed E-state index contributed by atoms with van der Waals surface area (Å²) in [6.07, 6.45) is 5.75. The van der Waals surface area contributed by atoms with Gasteiger partial charge in [0.25, 0.3) is 5.56 Å². The molecule has 3 N–H and O–H groups in total. The van der Waals surface area contributed by atoms with Crippen LogP contribution in [0.3, 0.4) is 0 Å². The number of benzene rings is 1. The molecule has 3 fully saturated rings. The highest BCUT2D eigenvalue weighted by Crippen LogP contribution is 2.46. The van der Waals surface area contributed by atoms with E-state index in [9.17, 15) is 9.59 Å². The van der Waals surface area contributed by atoms with Crippen molar-refractivity contribution in [3.8, 4) is 5.75 Å². The minimum atomic E-state index is -0.568. The van der Waals surface area contributed by atoms with Gasteiger partial charge in [0.05, 0.1) is 12.5 Å². The number of anilines is 1. The van der Waals surface area contributed by atoms with E-state index in [1.54, 1.807) is 11.5 Å². The molecule has 29 heavy (non-hydrogen) atoms. The average molecular weight is 402 g/mol. The lowest BCUT2D eigenvalue weighted by molar-refractivity contribution is 0.412. The SMILES string of the molecule is COc1c(N2CCC(CC3(N)CC3)C2)c(F)c(C)c2c(=O)[nH]c(=O)n(C3CC3)c12. The second-order valence-electron chi connectivity index (χ2n) is 9.07. The lowest BCUT2D eigenvalue weighted by Crippen LogP contribution is -2.32. The third-order valence-electron chi connectivity index (χ3n) is 6.79. The van der Waals surface area contributed by atoms with Crippen molar-refractivity contribution in [1.82, 2.24) is 9.55 Å². The lowest BCUT2D eigenvalue weighted by atomic mass is 9.98. The number of nitrogens with zero attached hydrogens (tertiary/aromatic N) is 2. The number of H-pyrrole nitrogens is 1. The van der Waals surface area contributed by atoms with Crippen molar-refractivity contribution in [1.29, 1.82) is 0 Å². The van der Waals surface area contributed by atoms with E-state index in [1.807, 2.05) is 4.90 Å². The zero-order valence-electron chi connectivity index (χ0n) is 16.9. The summed E-state index contributed by atoms with van der Waals surface area (Å²) in [5.41, 5.74) is 6.26. The molecule has 7 nitrogen and oxygen atoms in total.